The molecule has 6 heteroatoms. The summed E-state index contributed by atoms with van der Waals surface area (Å²) in [7, 11) is 0. The summed E-state index contributed by atoms with van der Waals surface area (Å²) in [4.78, 5) is 12.4. The van der Waals surface area contributed by atoms with Crippen molar-refractivity contribution >= 4 is 16.7 Å². The highest BCUT2D eigenvalue weighted by Crippen LogP contribution is 2.26. The van der Waals surface area contributed by atoms with E-state index in [4.69, 9.17) is 24.1 Å². The fourth-order valence-corrected chi connectivity index (χ4v) is 4.45. The van der Waals surface area contributed by atoms with Crippen LogP contribution < -0.4 is 0 Å². The third kappa shape index (κ3) is 11.2. The van der Waals surface area contributed by atoms with Gasteiger partial charge in [0.1, 0.15) is 6.79 Å². The van der Waals surface area contributed by atoms with Crippen LogP contribution in [0, 0.1) is 5.92 Å². The van der Waals surface area contributed by atoms with Crippen molar-refractivity contribution in [1.82, 2.24) is 0 Å². The number of aliphatic hydroxyl groups excluding tert-OH is 1. The average molecular weight is 561 g/mol. The molecule has 0 saturated heterocycles. The molecule has 3 rings (SSSR count). The maximum Gasteiger partial charge on any atom is 0.335 e. The van der Waals surface area contributed by atoms with E-state index in [9.17, 15) is 4.79 Å². The molecule has 3 aromatic rings. The van der Waals surface area contributed by atoms with E-state index < -0.39 is 5.97 Å². The molecule has 0 aliphatic rings. The van der Waals surface area contributed by atoms with Gasteiger partial charge in [-0.25, -0.2) is 4.79 Å². The van der Waals surface area contributed by atoms with E-state index in [2.05, 4.69) is 80.7 Å². The number of benzene rings is 3. The molecule has 0 aliphatic carbocycles. The smallest absolute Gasteiger partial charge is 0.335 e. The number of rotatable bonds is 19. The molecule has 6 nitrogen and oxygen atoms in total. The quantitative estimate of drug-likeness (QED) is 0.0579. The first-order valence-corrected chi connectivity index (χ1v) is 14.3. The molecule has 0 spiro atoms. The number of fused-ring (bicyclic) bond motifs is 1. The Kier molecular flexibility index (Phi) is 13.8. The van der Waals surface area contributed by atoms with Crippen molar-refractivity contribution in [3.63, 3.8) is 0 Å². The van der Waals surface area contributed by atoms with Gasteiger partial charge in [-0.3, -0.25) is 0 Å². The number of ether oxygens (including phenoxy) is 4. The summed E-state index contributed by atoms with van der Waals surface area (Å²) in [6, 6.07) is 21.9. The van der Waals surface area contributed by atoms with Crippen LogP contribution in [0.25, 0.3) is 21.9 Å². The van der Waals surface area contributed by atoms with Gasteiger partial charge in [0, 0.05) is 5.92 Å². The number of esters is 1. The van der Waals surface area contributed by atoms with Crippen LogP contribution in [-0.4, -0.2) is 57.5 Å². The Labute approximate surface area is 244 Å². The van der Waals surface area contributed by atoms with Gasteiger partial charge >= 0.3 is 5.97 Å². The molecule has 1 N–H and O–H groups in total. The summed E-state index contributed by atoms with van der Waals surface area (Å²) in [5.41, 5.74) is 6.05. The molecule has 41 heavy (non-hydrogen) atoms. The summed E-state index contributed by atoms with van der Waals surface area (Å²) < 4.78 is 21.9. The molecule has 0 heterocycles. The van der Waals surface area contributed by atoms with E-state index in [0.717, 1.165) is 22.9 Å². The monoisotopic (exact) mass is 560 g/mol. The summed E-state index contributed by atoms with van der Waals surface area (Å²) in [5.74, 6) is -0.600. The van der Waals surface area contributed by atoms with E-state index in [1.54, 1.807) is 0 Å². The van der Waals surface area contributed by atoms with Crippen LogP contribution in [0.15, 0.2) is 85.0 Å². The predicted molar refractivity (Wildman–Crippen MR) is 165 cm³/mol. The van der Waals surface area contributed by atoms with E-state index in [1.165, 1.54) is 34.9 Å². The molecule has 0 aliphatic heterocycles. The minimum Gasteiger partial charge on any atom is -0.462 e. The predicted octanol–water partition coefficient (Wildman–Crippen LogP) is 6.68. The van der Waals surface area contributed by atoms with E-state index in [-0.39, 0.29) is 44.7 Å². The maximum atomic E-state index is 12.4. The number of carbonyl (C=O) groups is 1. The van der Waals surface area contributed by atoms with Crippen LogP contribution in [0.5, 0.6) is 0 Å². The SMILES string of the molecule is C=C(C)COCOCC(COC(=O)C(=C)COCCO)Cc1ccc2cc(-c3ccc(CCCC)cc3)ccc2c1. The maximum absolute atomic E-state index is 12.4. The first-order chi connectivity index (χ1) is 19.9. The Balaban J connectivity index is 1.65. The molecule has 0 amide bonds. The topological polar surface area (TPSA) is 74.2 Å². The Morgan fingerprint density at radius 1 is 0.854 bits per heavy atom. The zero-order valence-electron chi connectivity index (χ0n) is 24.5. The molecule has 0 bridgehead atoms. The highest BCUT2D eigenvalue weighted by Gasteiger charge is 2.16. The summed E-state index contributed by atoms with van der Waals surface area (Å²) in [6.45, 7) is 12.8. The number of carbonyl (C=O) groups excluding carboxylic acids is 1. The minimum atomic E-state index is -0.518. The average Bonchev–Trinajstić information content (AvgIpc) is 2.98. The van der Waals surface area contributed by atoms with Gasteiger partial charge in [0.05, 0.1) is 45.2 Å². The van der Waals surface area contributed by atoms with Crippen molar-refractivity contribution in [2.24, 2.45) is 5.92 Å². The second-order valence-corrected chi connectivity index (χ2v) is 10.5. The number of unbranched alkanes of at least 4 members (excludes halogenated alkanes) is 1. The summed E-state index contributed by atoms with van der Waals surface area (Å²) in [6.07, 6.45) is 4.20. The highest BCUT2D eigenvalue weighted by atomic mass is 16.7. The van der Waals surface area contributed by atoms with Gasteiger partial charge in [0.2, 0.25) is 0 Å². The Morgan fingerprint density at radius 3 is 2.29 bits per heavy atom. The van der Waals surface area contributed by atoms with Gasteiger partial charge in [0.15, 0.2) is 0 Å². The summed E-state index contributed by atoms with van der Waals surface area (Å²) in [5, 5.41) is 11.2. The van der Waals surface area contributed by atoms with Crippen molar-refractivity contribution in [2.75, 3.05) is 46.4 Å². The molecule has 1 unspecified atom stereocenters. The fourth-order valence-electron chi connectivity index (χ4n) is 4.45. The van der Waals surface area contributed by atoms with Gasteiger partial charge in [-0.1, -0.05) is 86.7 Å². The molecular formula is C35H44O6. The second-order valence-electron chi connectivity index (χ2n) is 10.5. The Bertz CT molecular complexity index is 1260. The third-order valence-corrected chi connectivity index (χ3v) is 6.65. The lowest BCUT2D eigenvalue weighted by Gasteiger charge is -2.18. The molecule has 3 aromatic carbocycles. The summed E-state index contributed by atoms with van der Waals surface area (Å²) >= 11 is 0. The normalized spacial score (nSPS) is 11.9. The van der Waals surface area contributed by atoms with Crippen molar-refractivity contribution in [1.29, 1.82) is 0 Å². The Hall–Kier alpha value is -3.29. The van der Waals surface area contributed by atoms with Crippen LogP contribution in [-0.2, 0) is 36.6 Å². The second kappa shape index (κ2) is 17.5. The molecule has 1 atom stereocenters. The largest absolute Gasteiger partial charge is 0.462 e. The molecule has 0 aromatic heterocycles. The highest BCUT2D eigenvalue weighted by molar-refractivity contribution is 5.88. The zero-order chi connectivity index (χ0) is 29.5. The lowest BCUT2D eigenvalue weighted by atomic mass is 9.95. The van der Waals surface area contributed by atoms with Crippen LogP contribution >= 0.6 is 0 Å². The molecule has 0 radical (unpaired) electrons. The number of hydrogen-bond donors (Lipinski definition) is 1. The van der Waals surface area contributed by atoms with Gasteiger partial charge in [-0.2, -0.15) is 0 Å². The number of hydrogen-bond acceptors (Lipinski definition) is 6. The molecule has 0 fully saturated rings. The Morgan fingerprint density at radius 2 is 1.56 bits per heavy atom. The van der Waals surface area contributed by atoms with Crippen molar-refractivity contribution in [2.45, 2.75) is 39.5 Å². The first-order valence-electron chi connectivity index (χ1n) is 14.3. The van der Waals surface area contributed by atoms with Crippen molar-refractivity contribution in [3.8, 4) is 11.1 Å². The van der Waals surface area contributed by atoms with E-state index in [0.29, 0.717) is 19.6 Å². The van der Waals surface area contributed by atoms with Crippen molar-refractivity contribution < 1.29 is 28.8 Å². The fraction of sp³-hybridized carbons (Fsp3) is 0.400. The lowest BCUT2D eigenvalue weighted by molar-refractivity contribution is -0.142. The van der Waals surface area contributed by atoms with Crippen LogP contribution in [0.3, 0.4) is 0 Å². The van der Waals surface area contributed by atoms with E-state index in [1.807, 2.05) is 6.92 Å². The van der Waals surface area contributed by atoms with Crippen LogP contribution in [0.2, 0.25) is 0 Å². The zero-order valence-corrected chi connectivity index (χ0v) is 24.5. The van der Waals surface area contributed by atoms with Gasteiger partial charge in [0.25, 0.3) is 0 Å². The molecular weight excluding hydrogens is 516 g/mol. The van der Waals surface area contributed by atoms with Gasteiger partial charge < -0.3 is 24.1 Å². The van der Waals surface area contributed by atoms with Gasteiger partial charge in [-0.05, 0) is 65.3 Å². The van der Waals surface area contributed by atoms with E-state index >= 15 is 0 Å². The molecule has 220 valence electrons. The number of aryl methyl sites for hydroxylation is 1. The van der Waals surface area contributed by atoms with Gasteiger partial charge in [-0.15, -0.1) is 0 Å². The third-order valence-electron chi connectivity index (χ3n) is 6.65. The minimum absolute atomic E-state index is 0.0188. The van der Waals surface area contributed by atoms with Crippen LogP contribution in [0.1, 0.15) is 37.8 Å². The van der Waals surface area contributed by atoms with Crippen molar-refractivity contribution in [3.05, 3.63) is 96.1 Å². The van der Waals surface area contributed by atoms with Crippen LogP contribution in [0.4, 0.5) is 0 Å². The standard InChI is InChI=1S/C35H44O6/c1-5-6-7-28-8-11-31(12-9-28)33-15-14-32-19-29(10-13-34(32)20-33)18-30(23-40-25-39-21-26(2)3)24-41-35(37)27(4)22-38-17-16-36/h8-15,19-20,30,36H,2,4-7,16-18,21-25H2,1,3H3. The first kappa shape index (κ1) is 32.2. The lowest BCUT2D eigenvalue weighted by Crippen LogP contribution is -2.23. The number of aliphatic hydroxyl groups is 1. The molecule has 0 saturated carbocycles.